The van der Waals surface area contributed by atoms with Gasteiger partial charge in [-0.2, -0.15) is 0 Å². The van der Waals surface area contributed by atoms with E-state index in [-0.39, 0.29) is 18.3 Å². The van der Waals surface area contributed by atoms with Crippen LogP contribution in [-0.2, 0) is 17.6 Å². The molecule has 8 heteroatoms. The van der Waals surface area contributed by atoms with Crippen LogP contribution in [0.15, 0.2) is 65.4 Å². The van der Waals surface area contributed by atoms with Gasteiger partial charge in [-0.1, -0.05) is 30.3 Å². The molecule has 4 aromatic rings. The molecule has 5 rings (SSSR count). The number of ether oxygens (including phenoxy) is 1. The first kappa shape index (κ1) is 21.1. The molecule has 2 aromatic heterocycles. The van der Waals surface area contributed by atoms with E-state index in [1.165, 1.54) is 22.6 Å². The summed E-state index contributed by atoms with van der Waals surface area (Å²) in [5.41, 5.74) is 3.08. The van der Waals surface area contributed by atoms with E-state index in [0.29, 0.717) is 27.8 Å². The lowest BCUT2D eigenvalue weighted by molar-refractivity contribution is -0.118. The second-order valence-corrected chi connectivity index (χ2v) is 8.82. The van der Waals surface area contributed by atoms with Gasteiger partial charge in [0.2, 0.25) is 12.3 Å². The van der Waals surface area contributed by atoms with Gasteiger partial charge in [0.25, 0.3) is 5.91 Å². The molecular weight excluding hydrogens is 438 g/mol. The number of benzene rings is 2. The first-order valence-electron chi connectivity index (χ1n) is 10.7. The number of nitrogens with zero attached hydrogens (tertiary/aromatic N) is 2. The molecule has 0 saturated carbocycles. The zero-order chi connectivity index (χ0) is 22.6. The van der Waals surface area contributed by atoms with Crippen LogP contribution in [0.3, 0.4) is 0 Å². The van der Waals surface area contributed by atoms with Crippen LogP contribution in [-0.4, -0.2) is 28.5 Å². The number of ketones is 1. The summed E-state index contributed by atoms with van der Waals surface area (Å²) in [5, 5.41) is 11.1. The maximum atomic E-state index is 13.3. The summed E-state index contributed by atoms with van der Waals surface area (Å²) in [7, 11) is 0. The van der Waals surface area contributed by atoms with E-state index < -0.39 is 0 Å². The Kier molecular flexibility index (Phi) is 5.99. The van der Waals surface area contributed by atoms with Gasteiger partial charge in [0.1, 0.15) is 10.8 Å². The van der Waals surface area contributed by atoms with Crippen molar-refractivity contribution in [2.24, 2.45) is 0 Å². The van der Waals surface area contributed by atoms with Crippen LogP contribution in [0.4, 0.5) is 5.00 Å². The largest absolute Gasteiger partial charge is 0.484 e. The molecule has 7 nitrogen and oxygen atoms in total. The highest BCUT2D eigenvalue weighted by Crippen LogP contribution is 2.39. The molecule has 0 spiro atoms. The van der Waals surface area contributed by atoms with E-state index in [0.717, 1.165) is 36.8 Å². The molecule has 0 radical (unpaired) electrons. The van der Waals surface area contributed by atoms with E-state index in [4.69, 9.17) is 9.15 Å². The third-order valence-corrected chi connectivity index (χ3v) is 6.73. The summed E-state index contributed by atoms with van der Waals surface area (Å²) >= 11 is 1.50. The third kappa shape index (κ3) is 4.56. The van der Waals surface area contributed by atoms with Crippen LogP contribution in [0.5, 0.6) is 5.75 Å². The maximum Gasteiger partial charge on any atom is 0.262 e. The first-order valence-corrected chi connectivity index (χ1v) is 11.5. The molecule has 1 aliphatic rings. The van der Waals surface area contributed by atoms with Crippen molar-refractivity contribution in [2.45, 2.75) is 25.7 Å². The van der Waals surface area contributed by atoms with Gasteiger partial charge in [-0.05, 0) is 55.5 Å². The van der Waals surface area contributed by atoms with E-state index in [1.54, 1.807) is 24.3 Å². The number of aryl methyl sites for hydroxylation is 1. The first-order chi connectivity index (χ1) is 16.2. The highest BCUT2D eigenvalue weighted by Gasteiger charge is 2.27. The monoisotopic (exact) mass is 459 g/mol. The van der Waals surface area contributed by atoms with Crippen molar-refractivity contribution < 1.29 is 18.7 Å². The summed E-state index contributed by atoms with van der Waals surface area (Å²) in [6.07, 6.45) is 5.22. The average molecular weight is 460 g/mol. The molecule has 2 heterocycles. The fourth-order valence-electron chi connectivity index (χ4n) is 3.93. The molecule has 0 bridgehead atoms. The fraction of sp³-hybridized carbons (Fsp3) is 0.200. The van der Waals surface area contributed by atoms with Gasteiger partial charge in [-0.25, -0.2) is 0 Å². The normalized spacial score (nSPS) is 12.7. The average Bonchev–Trinajstić information content (AvgIpc) is 3.51. The van der Waals surface area contributed by atoms with Crippen molar-refractivity contribution in [3.05, 3.63) is 82.6 Å². The molecule has 166 valence electrons. The number of carbonyl (C=O) groups excluding carboxylic acids is 2. The molecule has 0 saturated heterocycles. The lowest BCUT2D eigenvalue weighted by Crippen LogP contribution is -2.21. The predicted octanol–water partition coefficient (Wildman–Crippen LogP) is 4.93. The lowest BCUT2D eigenvalue weighted by Gasteiger charge is -2.13. The number of hydrogen-bond donors (Lipinski definition) is 1. The van der Waals surface area contributed by atoms with E-state index >= 15 is 0 Å². The summed E-state index contributed by atoms with van der Waals surface area (Å²) in [5.74, 6) is 0.593. The van der Waals surface area contributed by atoms with Crippen LogP contribution < -0.4 is 10.1 Å². The van der Waals surface area contributed by atoms with E-state index in [1.807, 2.05) is 30.3 Å². The van der Waals surface area contributed by atoms with Gasteiger partial charge in [-0.15, -0.1) is 21.5 Å². The molecular formula is C25H21N3O4S. The Balaban J connectivity index is 1.30. The Bertz CT molecular complexity index is 1270. The maximum absolute atomic E-state index is 13.3. The Morgan fingerprint density at radius 3 is 2.58 bits per heavy atom. The minimum atomic E-state index is -0.309. The minimum Gasteiger partial charge on any atom is -0.484 e. The molecule has 1 N–H and O–H groups in total. The Morgan fingerprint density at radius 1 is 1.03 bits per heavy atom. The molecule has 0 fully saturated rings. The van der Waals surface area contributed by atoms with Gasteiger partial charge in [0.15, 0.2) is 12.4 Å². The second kappa shape index (κ2) is 9.38. The van der Waals surface area contributed by atoms with Crippen LogP contribution >= 0.6 is 11.3 Å². The van der Waals surface area contributed by atoms with Crippen molar-refractivity contribution in [3.8, 4) is 17.2 Å². The molecule has 0 atom stereocenters. The van der Waals surface area contributed by atoms with Gasteiger partial charge >= 0.3 is 0 Å². The standard InChI is InChI=1S/C25H21N3O4S/c29-21(14-31-18-12-10-17(11-13-18)24-28-26-15-32-24)27-25-22(19-8-4-5-9-20(19)33-25)23(30)16-6-2-1-3-7-16/h1-3,6-7,10-13,15H,4-5,8-9,14H2,(H,27,29). The number of fused-ring (bicyclic) bond motifs is 1. The Morgan fingerprint density at radius 2 is 1.82 bits per heavy atom. The van der Waals surface area contributed by atoms with Crippen LogP contribution in [0.2, 0.25) is 0 Å². The van der Waals surface area contributed by atoms with Crippen molar-refractivity contribution in [1.29, 1.82) is 0 Å². The van der Waals surface area contributed by atoms with E-state index in [9.17, 15) is 9.59 Å². The van der Waals surface area contributed by atoms with Crippen molar-refractivity contribution in [3.63, 3.8) is 0 Å². The number of nitrogens with one attached hydrogen (secondary N) is 1. The molecule has 0 unspecified atom stereocenters. The number of aromatic nitrogens is 2. The third-order valence-electron chi connectivity index (χ3n) is 5.52. The molecule has 1 amide bonds. The predicted molar refractivity (Wildman–Crippen MR) is 125 cm³/mol. The summed E-state index contributed by atoms with van der Waals surface area (Å²) in [6.45, 7) is -0.165. The molecule has 2 aromatic carbocycles. The number of amides is 1. The summed E-state index contributed by atoms with van der Waals surface area (Å²) < 4.78 is 10.8. The van der Waals surface area contributed by atoms with Gasteiger partial charge < -0.3 is 14.5 Å². The second-order valence-electron chi connectivity index (χ2n) is 7.72. The topological polar surface area (TPSA) is 94.3 Å². The van der Waals surface area contributed by atoms with Crippen LogP contribution in [0, 0.1) is 0 Å². The molecule has 1 aliphatic carbocycles. The number of anilines is 1. The Labute approximate surface area is 194 Å². The number of thiophene rings is 1. The lowest BCUT2D eigenvalue weighted by atomic mass is 9.92. The highest BCUT2D eigenvalue weighted by atomic mass is 32.1. The molecule has 33 heavy (non-hydrogen) atoms. The zero-order valence-electron chi connectivity index (χ0n) is 17.7. The van der Waals surface area contributed by atoms with Crippen LogP contribution in [0.1, 0.15) is 39.2 Å². The van der Waals surface area contributed by atoms with Crippen molar-refractivity contribution in [1.82, 2.24) is 10.2 Å². The number of rotatable bonds is 7. The smallest absolute Gasteiger partial charge is 0.262 e. The van der Waals surface area contributed by atoms with Gasteiger partial charge in [0.05, 0.1) is 5.56 Å². The zero-order valence-corrected chi connectivity index (χ0v) is 18.6. The Hall–Kier alpha value is -3.78. The molecule has 0 aliphatic heterocycles. The number of carbonyl (C=O) groups is 2. The van der Waals surface area contributed by atoms with E-state index in [2.05, 4.69) is 15.5 Å². The van der Waals surface area contributed by atoms with Gasteiger partial charge in [0, 0.05) is 16.0 Å². The quantitative estimate of drug-likeness (QED) is 0.394. The van der Waals surface area contributed by atoms with Crippen LogP contribution in [0.25, 0.3) is 11.5 Å². The van der Waals surface area contributed by atoms with Gasteiger partial charge in [-0.3, -0.25) is 9.59 Å². The van der Waals surface area contributed by atoms with Crippen molar-refractivity contribution >= 4 is 28.0 Å². The number of hydrogen-bond acceptors (Lipinski definition) is 7. The fourth-order valence-corrected chi connectivity index (χ4v) is 5.24. The summed E-state index contributed by atoms with van der Waals surface area (Å²) in [6, 6.07) is 16.2. The SMILES string of the molecule is O=C(COc1ccc(-c2nnco2)cc1)Nc1sc2c(c1C(=O)c1ccccc1)CCCC2. The minimum absolute atomic E-state index is 0.0529. The summed E-state index contributed by atoms with van der Waals surface area (Å²) in [4.78, 5) is 27.2. The van der Waals surface area contributed by atoms with Crippen molar-refractivity contribution in [2.75, 3.05) is 11.9 Å². The highest BCUT2D eigenvalue weighted by molar-refractivity contribution is 7.17.